The molecule has 2 aromatic carbocycles. The maximum atomic E-state index is 6.12. The van der Waals surface area contributed by atoms with Gasteiger partial charge in [0.1, 0.15) is 0 Å². The molecule has 0 radical (unpaired) electrons. The van der Waals surface area contributed by atoms with E-state index >= 15 is 0 Å². The smallest absolute Gasteiger partial charge is 0.198 e. The van der Waals surface area contributed by atoms with Gasteiger partial charge in [0.05, 0.1) is 33.1 Å². The highest BCUT2D eigenvalue weighted by Crippen LogP contribution is 2.32. The van der Waals surface area contributed by atoms with Crippen LogP contribution in [0, 0.1) is 0 Å². The Hall–Kier alpha value is -2.61. The van der Waals surface area contributed by atoms with Gasteiger partial charge in [0, 0.05) is 17.8 Å². The number of nitrogens with zero attached hydrogens (tertiary/aromatic N) is 1. The van der Waals surface area contributed by atoms with Crippen LogP contribution in [0.2, 0.25) is 0 Å². The molecule has 0 amide bonds. The number of halogens is 1. The molecule has 0 bridgehead atoms. The molecule has 0 aliphatic heterocycles. The number of methoxy groups -OCH3 is 2. The number of hydrogen-bond acceptors (Lipinski definition) is 5. The number of hydrogen-bond donors (Lipinski definition) is 2. The summed E-state index contributed by atoms with van der Waals surface area (Å²) in [7, 11) is 3.24. The van der Waals surface area contributed by atoms with Crippen LogP contribution in [-0.4, -0.2) is 33.4 Å². The van der Waals surface area contributed by atoms with Gasteiger partial charge in [-0.15, -0.1) is 17.0 Å². The number of nitrogens with two attached hydrogens (primary N) is 1. The fraction of sp³-hybridized carbons (Fsp3) is 0.435. The zero-order valence-electron chi connectivity index (χ0n) is 18.8. The van der Waals surface area contributed by atoms with Gasteiger partial charge in [0.15, 0.2) is 29.0 Å². The second-order valence-corrected chi connectivity index (χ2v) is 6.73. The topological polar surface area (TPSA) is 87.3 Å². The Labute approximate surface area is 195 Å². The van der Waals surface area contributed by atoms with Gasteiger partial charge in [-0.3, -0.25) is 0 Å². The molecule has 7 nitrogen and oxygen atoms in total. The van der Waals surface area contributed by atoms with Crippen LogP contribution in [-0.2, 0) is 0 Å². The van der Waals surface area contributed by atoms with Gasteiger partial charge >= 0.3 is 0 Å². The highest BCUT2D eigenvalue weighted by molar-refractivity contribution is 8.93. The molecule has 0 saturated heterocycles. The predicted octanol–water partition coefficient (Wildman–Crippen LogP) is 5.70. The van der Waals surface area contributed by atoms with E-state index in [2.05, 4.69) is 24.2 Å². The molecule has 0 heterocycles. The second-order valence-electron chi connectivity index (χ2n) is 6.73. The first-order chi connectivity index (χ1) is 14.6. The Morgan fingerprint density at radius 2 is 1.39 bits per heavy atom. The van der Waals surface area contributed by atoms with Gasteiger partial charge in [-0.05, 0) is 37.1 Å². The molecule has 2 aromatic rings. The average Bonchev–Trinajstić information content (AvgIpc) is 2.74. The maximum Gasteiger partial charge on any atom is 0.198 e. The van der Waals surface area contributed by atoms with E-state index in [0.29, 0.717) is 41.9 Å². The number of rotatable bonds is 12. The zero-order valence-corrected chi connectivity index (χ0v) is 20.5. The zero-order chi connectivity index (χ0) is 21.8. The number of unbranched alkanes of at least 4 members (excludes halogenated alkanes) is 2. The van der Waals surface area contributed by atoms with Crippen molar-refractivity contribution in [3.05, 3.63) is 36.4 Å². The van der Waals surface area contributed by atoms with E-state index in [1.54, 1.807) is 14.2 Å². The number of guanidine groups is 1. The van der Waals surface area contributed by atoms with Crippen molar-refractivity contribution in [3.8, 4) is 23.0 Å². The Morgan fingerprint density at radius 3 is 1.94 bits per heavy atom. The molecular weight excluding hydrogens is 462 g/mol. The van der Waals surface area contributed by atoms with Crippen LogP contribution in [0.4, 0.5) is 11.4 Å². The predicted molar refractivity (Wildman–Crippen MR) is 132 cm³/mol. The fourth-order valence-electron chi connectivity index (χ4n) is 2.68. The molecule has 0 aliphatic rings. The highest BCUT2D eigenvalue weighted by atomic mass is 79.9. The van der Waals surface area contributed by atoms with Crippen molar-refractivity contribution in [1.82, 2.24) is 0 Å². The molecule has 0 aromatic heterocycles. The van der Waals surface area contributed by atoms with E-state index in [9.17, 15) is 0 Å². The lowest BCUT2D eigenvalue weighted by Gasteiger charge is -2.13. The van der Waals surface area contributed by atoms with Gasteiger partial charge < -0.3 is 30.0 Å². The molecular formula is C23H34BrN3O4. The normalized spacial score (nSPS) is 10.8. The summed E-state index contributed by atoms with van der Waals surface area (Å²) < 4.78 is 22.4. The van der Waals surface area contributed by atoms with Crippen LogP contribution >= 0.6 is 17.0 Å². The summed E-state index contributed by atoms with van der Waals surface area (Å²) in [5, 5.41) is 3.09. The summed E-state index contributed by atoms with van der Waals surface area (Å²) in [5.41, 5.74) is 7.54. The Morgan fingerprint density at radius 1 is 0.839 bits per heavy atom. The fourth-order valence-corrected chi connectivity index (χ4v) is 2.68. The van der Waals surface area contributed by atoms with E-state index in [-0.39, 0.29) is 22.9 Å². The van der Waals surface area contributed by atoms with Gasteiger partial charge in [-0.25, -0.2) is 4.99 Å². The van der Waals surface area contributed by atoms with E-state index in [1.807, 2.05) is 36.4 Å². The maximum absolute atomic E-state index is 6.12. The summed E-state index contributed by atoms with van der Waals surface area (Å²) in [6, 6.07) is 11.0. The molecule has 0 spiro atoms. The lowest BCUT2D eigenvalue weighted by Crippen LogP contribution is -2.22. The van der Waals surface area contributed by atoms with Gasteiger partial charge in [-0.1, -0.05) is 26.7 Å². The number of nitrogens with one attached hydrogen (secondary N) is 1. The van der Waals surface area contributed by atoms with Crippen molar-refractivity contribution in [1.29, 1.82) is 0 Å². The van der Waals surface area contributed by atoms with Gasteiger partial charge in [0.2, 0.25) is 0 Å². The molecule has 3 N–H and O–H groups in total. The van der Waals surface area contributed by atoms with Crippen LogP contribution in [0.25, 0.3) is 0 Å². The first-order valence-electron chi connectivity index (χ1n) is 10.3. The molecule has 31 heavy (non-hydrogen) atoms. The molecule has 172 valence electrons. The monoisotopic (exact) mass is 495 g/mol. The minimum Gasteiger partial charge on any atom is -0.493 e. The molecule has 8 heteroatoms. The summed E-state index contributed by atoms with van der Waals surface area (Å²) in [6.45, 7) is 5.50. The number of anilines is 1. The first-order valence-corrected chi connectivity index (χ1v) is 10.3. The molecule has 0 atom stereocenters. The Bertz CT molecular complexity index is 830. The highest BCUT2D eigenvalue weighted by Gasteiger charge is 2.08. The molecule has 0 saturated carbocycles. The lowest BCUT2D eigenvalue weighted by molar-refractivity contribution is 0.288. The van der Waals surface area contributed by atoms with Gasteiger partial charge in [-0.2, -0.15) is 0 Å². The molecule has 0 fully saturated rings. The summed E-state index contributed by atoms with van der Waals surface area (Å²) in [6.07, 6.45) is 4.07. The van der Waals surface area contributed by atoms with Crippen molar-refractivity contribution in [3.63, 3.8) is 0 Å². The third-order valence-corrected chi connectivity index (χ3v) is 4.34. The Kier molecular flexibility index (Phi) is 12.3. The summed E-state index contributed by atoms with van der Waals surface area (Å²) >= 11 is 0. The average molecular weight is 496 g/mol. The minimum absolute atomic E-state index is 0. The molecule has 0 unspecified atom stereocenters. The van der Waals surface area contributed by atoms with Crippen molar-refractivity contribution in [2.24, 2.45) is 10.7 Å². The SMILES string of the molecule is Br.CCCCOc1cc(N=C(N)Nc2ccc(OC)c(OCCCC)c2)ccc1OC. The van der Waals surface area contributed by atoms with E-state index < -0.39 is 0 Å². The molecule has 0 aliphatic carbocycles. The van der Waals surface area contributed by atoms with E-state index in [1.165, 1.54) is 0 Å². The largest absolute Gasteiger partial charge is 0.493 e. The van der Waals surface area contributed by atoms with Crippen LogP contribution in [0.3, 0.4) is 0 Å². The van der Waals surface area contributed by atoms with E-state index in [4.69, 9.17) is 24.7 Å². The number of ether oxygens (including phenoxy) is 4. The van der Waals surface area contributed by atoms with Crippen molar-refractivity contribution in [2.75, 3.05) is 32.8 Å². The quantitative estimate of drug-likeness (QED) is 0.223. The second kappa shape index (κ2) is 14.4. The minimum atomic E-state index is 0. The van der Waals surface area contributed by atoms with Crippen LogP contribution in [0.5, 0.6) is 23.0 Å². The van der Waals surface area contributed by atoms with Crippen molar-refractivity contribution < 1.29 is 18.9 Å². The van der Waals surface area contributed by atoms with Crippen LogP contribution in [0.15, 0.2) is 41.4 Å². The third-order valence-electron chi connectivity index (χ3n) is 4.34. The summed E-state index contributed by atoms with van der Waals surface area (Å²) in [4.78, 5) is 4.44. The Balaban J connectivity index is 0.00000480. The standard InChI is InChI=1S/C23H33N3O4.BrH/c1-5-7-13-29-21-15-17(9-11-19(21)27-3)25-23(24)26-18-10-12-20(28-4)22(16-18)30-14-8-6-2;/h9-12,15-16H,5-8,13-14H2,1-4H3,(H3,24,25,26);1H. The van der Waals surface area contributed by atoms with Crippen molar-refractivity contribution in [2.45, 2.75) is 39.5 Å². The number of aliphatic imine (C=N–C) groups is 1. The lowest BCUT2D eigenvalue weighted by atomic mass is 10.2. The van der Waals surface area contributed by atoms with Crippen LogP contribution in [0.1, 0.15) is 39.5 Å². The molecule has 2 rings (SSSR count). The van der Waals surface area contributed by atoms with Crippen molar-refractivity contribution >= 4 is 34.3 Å². The third kappa shape index (κ3) is 8.57. The summed E-state index contributed by atoms with van der Waals surface area (Å²) in [5.74, 6) is 2.91. The van der Waals surface area contributed by atoms with E-state index in [0.717, 1.165) is 31.4 Å². The first kappa shape index (κ1) is 26.4. The van der Waals surface area contributed by atoms with Crippen LogP contribution < -0.4 is 30.0 Å². The number of benzene rings is 2. The van der Waals surface area contributed by atoms with Gasteiger partial charge in [0.25, 0.3) is 0 Å².